The van der Waals surface area contributed by atoms with Gasteiger partial charge >= 0.3 is 5.97 Å². The van der Waals surface area contributed by atoms with Crippen molar-refractivity contribution in [1.82, 2.24) is 10.2 Å². The molecule has 0 aliphatic heterocycles. The second-order valence-corrected chi connectivity index (χ2v) is 7.12. The maximum absolute atomic E-state index is 12.3. The number of benzene rings is 2. The van der Waals surface area contributed by atoms with Gasteiger partial charge in [-0.3, -0.25) is 14.4 Å². The largest absolute Gasteiger partial charge is 0.481 e. The van der Waals surface area contributed by atoms with Crippen LogP contribution >= 0.6 is 0 Å². The van der Waals surface area contributed by atoms with E-state index >= 15 is 0 Å². The van der Waals surface area contributed by atoms with Gasteiger partial charge in [0.25, 0.3) is 5.91 Å². The second kappa shape index (κ2) is 9.69. The molecule has 0 radical (unpaired) electrons. The minimum absolute atomic E-state index is 0.0169. The van der Waals surface area contributed by atoms with E-state index in [2.05, 4.69) is 5.32 Å². The van der Waals surface area contributed by atoms with Crippen molar-refractivity contribution in [3.05, 3.63) is 70.8 Å². The monoisotopic (exact) mass is 382 g/mol. The summed E-state index contributed by atoms with van der Waals surface area (Å²) in [6.07, 6.45) is -0.0169. The summed E-state index contributed by atoms with van der Waals surface area (Å²) in [5.41, 5.74) is 3.12. The van der Waals surface area contributed by atoms with Crippen LogP contribution in [-0.4, -0.2) is 34.8 Å². The fourth-order valence-electron chi connectivity index (χ4n) is 2.79. The molecule has 2 aromatic carbocycles. The number of amides is 2. The van der Waals surface area contributed by atoms with Crippen molar-refractivity contribution in [2.75, 3.05) is 7.05 Å². The van der Waals surface area contributed by atoms with Gasteiger partial charge in [0.15, 0.2) is 0 Å². The average Bonchev–Trinajstić information content (AvgIpc) is 2.66. The first-order chi connectivity index (χ1) is 13.3. The molecule has 0 aliphatic carbocycles. The number of carboxylic acid groups (broad SMARTS) is 1. The zero-order valence-corrected chi connectivity index (χ0v) is 16.4. The van der Waals surface area contributed by atoms with Crippen molar-refractivity contribution in [2.24, 2.45) is 5.92 Å². The van der Waals surface area contributed by atoms with E-state index in [1.807, 2.05) is 38.1 Å². The van der Waals surface area contributed by atoms with Crippen LogP contribution in [-0.2, 0) is 29.1 Å². The fourth-order valence-corrected chi connectivity index (χ4v) is 2.79. The van der Waals surface area contributed by atoms with Crippen LogP contribution in [0.5, 0.6) is 0 Å². The SMILES string of the molecule is CC(C)C(=O)N(C)Cc1ccc(C(=O)NCc2ccc(CC(=O)O)cc2)cc1. The molecule has 2 N–H and O–H groups in total. The Hall–Kier alpha value is -3.15. The first-order valence-electron chi connectivity index (χ1n) is 9.18. The third-order valence-corrected chi connectivity index (χ3v) is 4.34. The summed E-state index contributed by atoms with van der Waals surface area (Å²) in [7, 11) is 1.77. The van der Waals surface area contributed by atoms with Gasteiger partial charge in [0.1, 0.15) is 0 Å². The smallest absolute Gasteiger partial charge is 0.307 e. The minimum Gasteiger partial charge on any atom is -0.481 e. The number of hydrogen-bond donors (Lipinski definition) is 2. The van der Waals surface area contributed by atoms with Crippen LogP contribution in [0.15, 0.2) is 48.5 Å². The molecule has 6 nitrogen and oxygen atoms in total. The molecule has 2 rings (SSSR count). The van der Waals surface area contributed by atoms with E-state index in [1.54, 1.807) is 36.2 Å². The Morgan fingerprint density at radius 3 is 2.00 bits per heavy atom. The van der Waals surface area contributed by atoms with E-state index in [9.17, 15) is 14.4 Å². The Balaban J connectivity index is 1.89. The quantitative estimate of drug-likeness (QED) is 0.735. The summed E-state index contributed by atoms with van der Waals surface area (Å²) >= 11 is 0. The van der Waals surface area contributed by atoms with Crippen molar-refractivity contribution < 1.29 is 19.5 Å². The van der Waals surface area contributed by atoms with Gasteiger partial charge in [-0.15, -0.1) is 0 Å². The van der Waals surface area contributed by atoms with Gasteiger partial charge in [-0.05, 0) is 28.8 Å². The summed E-state index contributed by atoms with van der Waals surface area (Å²) in [5.74, 6) is -1.03. The minimum atomic E-state index is -0.871. The summed E-state index contributed by atoms with van der Waals surface area (Å²) in [4.78, 5) is 36.6. The number of nitrogens with zero attached hydrogens (tertiary/aromatic N) is 1. The number of carbonyl (C=O) groups excluding carboxylic acids is 2. The highest BCUT2D eigenvalue weighted by molar-refractivity contribution is 5.94. The van der Waals surface area contributed by atoms with Crippen LogP contribution in [0.25, 0.3) is 0 Å². The summed E-state index contributed by atoms with van der Waals surface area (Å²) < 4.78 is 0. The lowest BCUT2D eigenvalue weighted by Gasteiger charge is -2.19. The number of nitrogens with one attached hydrogen (secondary N) is 1. The standard InChI is InChI=1S/C22H26N2O4/c1-15(2)22(28)24(3)14-18-8-10-19(11-9-18)21(27)23-13-17-6-4-16(5-7-17)12-20(25)26/h4-11,15H,12-14H2,1-3H3,(H,23,27)(H,25,26). The van der Waals surface area contributed by atoms with Crippen LogP contribution in [0, 0.1) is 5.92 Å². The third kappa shape index (κ3) is 6.23. The summed E-state index contributed by atoms with van der Waals surface area (Å²) in [6, 6.07) is 14.3. The molecule has 148 valence electrons. The van der Waals surface area contributed by atoms with Crippen LogP contribution in [0.1, 0.15) is 40.9 Å². The van der Waals surface area contributed by atoms with Crippen LogP contribution in [0.3, 0.4) is 0 Å². The zero-order chi connectivity index (χ0) is 20.7. The van der Waals surface area contributed by atoms with Gasteiger partial charge in [0.2, 0.25) is 5.91 Å². The van der Waals surface area contributed by atoms with Gasteiger partial charge in [-0.25, -0.2) is 0 Å². The molecule has 0 aromatic heterocycles. The van der Waals surface area contributed by atoms with Crippen molar-refractivity contribution in [3.8, 4) is 0 Å². The molecule has 28 heavy (non-hydrogen) atoms. The maximum Gasteiger partial charge on any atom is 0.307 e. The van der Waals surface area contributed by atoms with Crippen LogP contribution < -0.4 is 5.32 Å². The highest BCUT2D eigenvalue weighted by Crippen LogP contribution is 2.10. The molecule has 0 aliphatic rings. The van der Waals surface area contributed by atoms with Gasteiger partial charge in [0.05, 0.1) is 6.42 Å². The lowest BCUT2D eigenvalue weighted by atomic mass is 10.1. The number of carbonyl (C=O) groups is 3. The second-order valence-electron chi connectivity index (χ2n) is 7.12. The number of aliphatic carboxylic acids is 1. The van der Waals surface area contributed by atoms with Gasteiger partial charge < -0.3 is 15.3 Å². The molecule has 0 atom stereocenters. The summed E-state index contributed by atoms with van der Waals surface area (Å²) in [5, 5.41) is 11.6. The molecule has 2 amide bonds. The van der Waals surface area contributed by atoms with E-state index in [0.29, 0.717) is 18.7 Å². The molecule has 0 spiro atoms. The number of carboxylic acids is 1. The Labute approximate surface area is 165 Å². The molecular weight excluding hydrogens is 356 g/mol. The Bertz CT molecular complexity index is 827. The first kappa shape index (κ1) is 21.2. The van der Waals surface area contributed by atoms with Gasteiger partial charge in [-0.2, -0.15) is 0 Å². The molecule has 0 saturated heterocycles. The molecule has 0 heterocycles. The van der Waals surface area contributed by atoms with Crippen molar-refractivity contribution in [1.29, 1.82) is 0 Å². The normalized spacial score (nSPS) is 10.6. The molecule has 0 bridgehead atoms. The van der Waals surface area contributed by atoms with E-state index in [0.717, 1.165) is 16.7 Å². The highest BCUT2D eigenvalue weighted by Gasteiger charge is 2.13. The lowest BCUT2D eigenvalue weighted by Crippen LogP contribution is -2.30. The molecule has 0 saturated carbocycles. The van der Waals surface area contributed by atoms with Crippen molar-refractivity contribution in [2.45, 2.75) is 33.4 Å². The average molecular weight is 382 g/mol. The third-order valence-electron chi connectivity index (χ3n) is 4.34. The zero-order valence-electron chi connectivity index (χ0n) is 16.4. The van der Waals surface area contributed by atoms with Gasteiger partial charge in [-0.1, -0.05) is 50.2 Å². The fraction of sp³-hybridized carbons (Fsp3) is 0.318. The van der Waals surface area contributed by atoms with Crippen LogP contribution in [0.2, 0.25) is 0 Å². The maximum atomic E-state index is 12.3. The van der Waals surface area contributed by atoms with Crippen molar-refractivity contribution in [3.63, 3.8) is 0 Å². The van der Waals surface area contributed by atoms with Gasteiger partial charge in [0, 0.05) is 31.6 Å². The highest BCUT2D eigenvalue weighted by atomic mass is 16.4. The van der Waals surface area contributed by atoms with E-state index < -0.39 is 5.97 Å². The lowest BCUT2D eigenvalue weighted by molar-refractivity contribution is -0.136. The number of rotatable bonds is 8. The van der Waals surface area contributed by atoms with Crippen molar-refractivity contribution >= 4 is 17.8 Å². The summed E-state index contributed by atoms with van der Waals surface area (Å²) in [6.45, 7) is 4.60. The van der Waals surface area contributed by atoms with E-state index in [4.69, 9.17) is 5.11 Å². The molecule has 0 fully saturated rings. The Morgan fingerprint density at radius 2 is 1.46 bits per heavy atom. The molecule has 0 unspecified atom stereocenters. The Morgan fingerprint density at radius 1 is 0.929 bits per heavy atom. The Kier molecular flexibility index (Phi) is 7.32. The van der Waals surface area contributed by atoms with E-state index in [1.165, 1.54) is 0 Å². The predicted molar refractivity (Wildman–Crippen MR) is 107 cm³/mol. The number of hydrogen-bond acceptors (Lipinski definition) is 3. The van der Waals surface area contributed by atoms with Crippen LogP contribution in [0.4, 0.5) is 0 Å². The molecule has 2 aromatic rings. The topological polar surface area (TPSA) is 86.7 Å². The first-order valence-corrected chi connectivity index (χ1v) is 9.18. The predicted octanol–water partition coefficient (Wildman–Crippen LogP) is 2.86. The molecular formula is C22H26N2O4. The molecule has 6 heteroatoms. The van der Waals surface area contributed by atoms with E-state index in [-0.39, 0.29) is 24.2 Å².